The quantitative estimate of drug-likeness (QED) is 0.0149. The van der Waals surface area contributed by atoms with Crippen LogP contribution >= 0.6 is 7.82 Å². The van der Waals surface area contributed by atoms with Crippen molar-refractivity contribution in [2.24, 2.45) is 0 Å². The van der Waals surface area contributed by atoms with Gasteiger partial charge in [-0.3, -0.25) is 19.2 Å². The summed E-state index contributed by atoms with van der Waals surface area (Å²) in [4.78, 5) is 36.6. The minimum Gasteiger partial charge on any atom is -1.00 e. The predicted octanol–water partition coefficient (Wildman–Crippen LogP) is 7.40. The number of fused-ring (bicyclic) bond motifs is 4. The highest BCUT2D eigenvalue weighted by Gasteiger charge is 2.45. The third-order valence-electron chi connectivity index (χ3n) is 19.1. The van der Waals surface area contributed by atoms with E-state index in [-0.39, 0.29) is 93.7 Å². The lowest BCUT2D eigenvalue weighted by Gasteiger charge is -2.19. The molecule has 9 aromatic rings. The average molecular weight is 1630 g/mol. The largest absolute Gasteiger partial charge is 1.00 e. The summed E-state index contributed by atoms with van der Waals surface area (Å²) < 4.78 is 108. The van der Waals surface area contributed by atoms with E-state index in [2.05, 4.69) is 126 Å². The number of phosphoric ester groups is 1. The van der Waals surface area contributed by atoms with E-state index in [1.165, 1.54) is 72.8 Å². The maximum atomic E-state index is 13.1. The summed E-state index contributed by atoms with van der Waals surface area (Å²) in [5.41, 5.74) is 11.2. The van der Waals surface area contributed by atoms with Crippen LogP contribution in [0, 0.1) is 10.1 Å². The van der Waals surface area contributed by atoms with E-state index in [0.29, 0.717) is 22.6 Å². The van der Waals surface area contributed by atoms with Crippen LogP contribution in [0.25, 0.3) is 29.0 Å². The van der Waals surface area contributed by atoms with Crippen molar-refractivity contribution in [2.45, 2.75) is 107 Å². The number of nitrogens with one attached hydrogen (secondary N) is 2. The number of phosphoric acid groups is 1. The Hall–Kier alpha value is -9.75. The van der Waals surface area contributed by atoms with E-state index in [0.717, 1.165) is 50.8 Å². The number of allylic oxidation sites excluding steroid dienone is 3. The van der Waals surface area contributed by atoms with E-state index in [1.54, 1.807) is 81.6 Å². The third kappa shape index (κ3) is 19.6. The molecule has 21 nitrogen and oxygen atoms in total. The molecule has 0 spiro atoms. The Bertz CT molecular complexity index is 5430. The standard InChI is InChI=1S/C29H31N2O5S.C28H28N3O6S.C27H31NO4P.3ClH/c1-20(30-37(33,34)21-12-7-6-8-13-21)28(32)36-26-17-11-16-25(35-5)22(26)18-19-27-29(2,3)23-14-9-10-15-24(23)31(27)4;1-19(29-38(35,36)22-10-6-5-7-11-22)27(32)37-25-18-21(31(33)34)16-14-20(25)15-17-26-28(2,3)23-12-8-9-13-24(23)30(26)4;1-6-30-33(29,31-7-2)32-25-18-16-20-12-8-9-13-21(20)22(25)17-19-26-27(3,4)23-14-10-11-15-24(23)28(26)5;;;/h6-20,30H,1-5H3;5-19,29H,1-4H3;8-19H,6-7H2,1-5H3;3*1H/q3*+1;;;/p-3/b19-18+;17-15+;19-17+;;;. The van der Waals surface area contributed by atoms with Crippen molar-refractivity contribution in [1.29, 1.82) is 0 Å². The van der Waals surface area contributed by atoms with E-state index in [4.69, 9.17) is 27.8 Å². The lowest BCUT2D eigenvalue weighted by molar-refractivity contribution is -0.401. The monoisotopic (exact) mass is 1620 g/mol. The van der Waals surface area contributed by atoms with Gasteiger partial charge < -0.3 is 56.0 Å². The molecule has 0 radical (unpaired) electrons. The summed E-state index contributed by atoms with van der Waals surface area (Å²) in [6, 6.07) is 58.9. The van der Waals surface area contributed by atoms with E-state index in [1.807, 2.05) is 99.1 Å². The molecule has 2 atom stereocenters. The second-order valence-electron chi connectivity index (χ2n) is 27.3. The number of para-hydroxylation sites is 3. The Labute approximate surface area is 668 Å². The molecule has 3 aliphatic rings. The molecule has 0 fully saturated rings. The third-order valence-corrected chi connectivity index (χ3v) is 23.8. The zero-order chi connectivity index (χ0) is 78.1. The molecule has 0 bridgehead atoms. The number of ether oxygens (including phenoxy) is 3. The number of nitro groups is 1. The normalized spacial score (nSPS) is 15.0. The summed E-state index contributed by atoms with van der Waals surface area (Å²) in [5.74, 6) is -0.438. The number of esters is 2. The minimum absolute atomic E-state index is 0. The van der Waals surface area contributed by atoms with Gasteiger partial charge in [-0.05, 0) is 147 Å². The Morgan fingerprint density at radius 3 is 1.32 bits per heavy atom. The number of halogens is 3. The van der Waals surface area contributed by atoms with E-state index < -0.39 is 56.8 Å². The van der Waals surface area contributed by atoms with Crippen LogP contribution in [0.15, 0.2) is 234 Å². The highest BCUT2D eigenvalue weighted by molar-refractivity contribution is 7.89. The van der Waals surface area contributed by atoms with Crippen molar-refractivity contribution in [3.63, 3.8) is 0 Å². The van der Waals surface area contributed by atoms with Gasteiger partial charge in [0.1, 0.15) is 56.2 Å². The van der Waals surface area contributed by atoms with Crippen molar-refractivity contribution in [3.8, 4) is 23.0 Å². The molecule has 3 aliphatic heterocycles. The van der Waals surface area contributed by atoms with Gasteiger partial charge in [-0.2, -0.15) is 23.2 Å². The van der Waals surface area contributed by atoms with Gasteiger partial charge in [0.05, 0.1) is 62.9 Å². The van der Waals surface area contributed by atoms with Crippen molar-refractivity contribution in [2.75, 3.05) is 41.5 Å². The minimum atomic E-state index is -3.98. The number of benzene rings is 9. The summed E-state index contributed by atoms with van der Waals surface area (Å²) in [5, 5.41) is 13.5. The van der Waals surface area contributed by atoms with Gasteiger partial charge >= 0.3 is 19.8 Å². The van der Waals surface area contributed by atoms with Gasteiger partial charge in [0.15, 0.2) is 17.1 Å². The van der Waals surface area contributed by atoms with Gasteiger partial charge in [-0.1, -0.05) is 127 Å². The van der Waals surface area contributed by atoms with Gasteiger partial charge in [-0.15, -0.1) is 0 Å². The predicted molar refractivity (Wildman–Crippen MR) is 423 cm³/mol. The summed E-state index contributed by atoms with van der Waals surface area (Å²) in [6.07, 6.45) is 11.6. The van der Waals surface area contributed by atoms with Crippen LogP contribution in [0.4, 0.5) is 22.7 Å². The highest BCUT2D eigenvalue weighted by atomic mass is 35.5. The van der Waals surface area contributed by atoms with Gasteiger partial charge in [0.25, 0.3) is 5.69 Å². The van der Waals surface area contributed by atoms with E-state index in [9.17, 15) is 41.1 Å². The topological polar surface area (TPSA) is 251 Å². The number of hydrogen-bond acceptors (Lipinski definition) is 15. The molecular formula is C84H90Cl3N6O15PS2. The summed E-state index contributed by atoms with van der Waals surface area (Å²) >= 11 is 0. The fourth-order valence-electron chi connectivity index (χ4n) is 13.6. The molecule has 2 N–H and O–H groups in total. The SMILES string of the molecule is CC(NS(=O)(=O)c1ccccc1)C(=O)Oc1cc([N+](=O)[O-])ccc1/C=C/C1=[N+](C)c2ccccc2C1(C)C.CCOP(=O)(OCC)Oc1ccc2ccccc2c1/C=C/C1=[N+](C)c2ccccc2C1(C)C.COc1cccc(OC(=O)C(C)NS(=O)(=O)c2ccccc2)c1/C=C/C1=[N+](C)c2ccccc2C1(C)C.[Cl-].[Cl-].[Cl-]. The number of nitrogens with zero attached hydrogens (tertiary/aromatic N) is 4. The molecule has 0 saturated carbocycles. The van der Waals surface area contributed by atoms with Crippen molar-refractivity contribution >= 4 is 109 Å². The second-order valence-corrected chi connectivity index (χ2v) is 32.4. The number of methoxy groups -OCH3 is 1. The number of carbonyl (C=O) groups is 2. The number of nitro benzene ring substituents is 1. The molecule has 0 saturated heterocycles. The fourth-order valence-corrected chi connectivity index (χ4v) is 17.2. The molecule has 2 unspecified atom stereocenters. The maximum absolute atomic E-state index is 13.1. The lowest BCUT2D eigenvalue weighted by Crippen LogP contribution is -3.00. The van der Waals surface area contributed by atoms with Crippen LogP contribution in [0.2, 0.25) is 0 Å². The van der Waals surface area contributed by atoms with Crippen molar-refractivity contribution < 1.29 is 115 Å². The van der Waals surface area contributed by atoms with Crippen molar-refractivity contribution in [1.82, 2.24) is 9.44 Å². The zero-order valence-electron chi connectivity index (χ0n) is 64.0. The highest BCUT2D eigenvalue weighted by Crippen LogP contribution is 2.51. The fraction of sp³-hybridized carbons (Fsp3) is 0.250. The zero-order valence-corrected chi connectivity index (χ0v) is 68.8. The summed E-state index contributed by atoms with van der Waals surface area (Å²) in [6.45, 7) is 19.8. The molecule has 0 aliphatic carbocycles. The number of hydrogen-bond donors (Lipinski definition) is 2. The smallest absolute Gasteiger partial charge is 0.530 e. The molecule has 584 valence electrons. The Morgan fingerprint density at radius 1 is 0.486 bits per heavy atom. The average Bonchev–Trinajstić information content (AvgIpc) is 1.63. The van der Waals surface area contributed by atoms with Gasteiger partial charge in [0, 0.05) is 70.3 Å². The van der Waals surface area contributed by atoms with Gasteiger partial charge in [-0.25, -0.2) is 31.0 Å². The molecular weight excluding hydrogens is 1530 g/mol. The van der Waals surface area contributed by atoms with Crippen LogP contribution in [-0.4, -0.2) is 118 Å². The number of carbonyl (C=O) groups excluding carboxylic acids is 2. The van der Waals surface area contributed by atoms with Crippen LogP contribution in [0.3, 0.4) is 0 Å². The molecule has 3 heterocycles. The Balaban J connectivity index is 0.000000229. The number of rotatable bonds is 24. The number of sulfonamides is 2. The number of non-ortho nitro benzene ring substituents is 1. The van der Waals surface area contributed by atoms with Crippen molar-refractivity contribution in [3.05, 3.63) is 268 Å². The van der Waals surface area contributed by atoms with E-state index >= 15 is 0 Å². The first-order chi connectivity index (χ1) is 51.3. The Morgan fingerprint density at radius 2 is 0.883 bits per heavy atom. The molecule has 9 aromatic carbocycles. The summed E-state index contributed by atoms with van der Waals surface area (Å²) in [7, 11) is -3.97. The first kappa shape index (κ1) is 88.5. The molecule has 27 heteroatoms. The van der Waals surface area contributed by atoms with Crippen LogP contribution < -0.4 is 65.4 Å². The maximum Gasteiger partial charge on any atom is 0.530 e. The Kier molecular flexibility index (Phi) is 29.5. The van der Waals surface area contributed by atoms with Crippen LogP contribution in [0.5, 0.6) is 23.0 Å². The van der Waals surface area contributed by atoms with Crippen LogP contribution in [-0.2, 0) is 59.5 Å². The first-order valence-electron chi connectivity index (χ1n) is 35.1. The molecule has 0 amide bonds. The van der Waals surface area contributed by atoms with Gasteiger partial charge in [0.2, 0.25) is 37.1 Å². The molecule has 0 aromatic heterocycles. The second kappa shape index (κ2) is 37.1. The molecule has 111 heavy (non-hydrogen) atoms. The van der Waals surface area contributed by atoms with Crippen LogP contribution in [0.1, 0.15) is 103 Å². The molecule has 12 rings (SSSR count). The lowest BCUT2D eigenvalue weighted by atomic mass is 9.81. The first-order valence-corrected chi connectivity index (χ1v) is 39.5.